The SMILES string of the molecule is Cc1cc([C@H]2[C@@H](c3ccccn3)NC(=S)N2c2ccc3c(c2)OCO3)c(C)n1-c1cccc(C(=O)O)c1. The fourth-order valence-electron chi connectivity index (χ4n) is 5.25. The molecule has 0 saturated carbocycles. The van der Waals surface area contributed by atoms with Gasteiger partial charge in [-0.3, -0.25) is 4.98 Å². The molecule has 0 aliphatic carbocycles. The lowest BCUT2D eigenvalue weighted by molar-refractivity contribution is 0.0697. The van der Waals surface area contributed by atoms with E-state index in [2.05, 4.69) is 25.8 Å². The number of nitrogens with zero attached hydrogens (tertiary/aromatic N) is 3. The van der Waals surface area contributed by atoms with E-state index in [1.165, 1.54) is 0 Å². The van der Waals surface area contributed by atoms with Crippen LogP contribution in [0.1, 0.15) is 45.1 Å². The summed E-state index contributed by atoms with van der Waals surface area (Å²) in [6.07, 6.45) is 1.78. The second-order valence-electron chi connectivity index (χ2n) is 9.05. The number of anilines is 1. The van der Waals surface area contributed by atoms with E-state index in [1.807, 2.05) is 56.3 Å². The molecule has 4 aromatic rings. The van der Waals surface area contributed by atoms with E-state index in [1.54, 1.807) is 24.4 Å². The maximum Gasteiger partial charge on any atom is 0.335 e. The summed E-state index contributed by atoms with van der Waals surface area (Å²) in [5.41, 5.74) is 5.81. The standard InChI is InChI=1S/C28H24N4O4S/c1-16-12-21(17(2)31(16)19-7-5-6-18(13-19)27(33)34)26-25(22-8-3-4-11-29-22)30-28(37)32(26)20-9-10-23-24(14-20)36-15-35-23/h3-14,25-26H,15H2,1-2H3,(H,30,37)(H,33,34)/t25-,26+/m1/s1. The number of pyridine rings is 1. The van der Waals surface area contributed by atoms with E-state index < -0.39 is 5.97 Å². The summed E-state index contributed by atoms with van der Waals surface area (Å²) in [5.74, 6) is 0.423. The zero-order valence-electron chi connectivity index (χ0n) is 20.2. The number of carboxylic acids is 1. The van der Waals surface area contributed by atoms with Crippen molar-refractivity contribution in [2.75, 3.05) is 11.7 Å². The van der Waals surface area contributed by atoms with E-state index >= 15 is 0 Å². The number of aryl methyl sites for hydroxylation is 1. The van der Waals surface area contributed by atoms with Crippen molar-refractivity contribution in [3.63, 3.8) is 0 Å². The maximum absolute atomic E-state index is 11.6. The Labute approximate surface area is 219 Å². The molecule has 2 aromatic carbocycles. The van der Waals surface area contributed by atoms with Gasteiger partial charge in [0.1, 0.15) is 0 Å². The number of ether oxygens (including phenoxy) is 2. The van der Waals surface area contributed by atoms with E-state index in [9.17, 15) is 9.90 Å². The third-order valence-electron chi connectivity index (χ3n) is 6.87. The van der Waals surface area contributed by atoms with Crippen molar-refractivity contribution in [2.24, 2.45) is 0 Å². The summed E-state index contributed by atoms with van der Waals surface area (Å²) in [6, 6.07) is 20.3. The van der Waals surface area contributed by atoms with Gasteiger partial charge in [-0.15, -0.1) is 0 Å². The molecular weight excluding hydrogens is 488 g/mol. The molecule has 1 saturated heterocycles. The predicted molar refractivity (Wildman–Crippen MR) is 143 cm³/mol. The molecule has 0 amide bonds. The monoisotopic (exact) mass is 512 g/mol. The molecule has 2 aliphatic heterocycles. The van der Waals surface area contributed by atoms with E-state index in [-0.39, 0.29) is 24.4 Å². The number of aromatic carboxylic acids is 1. The first-order chi connectivity index (χ1) is 17.9. The Hall–Kier alpha value is -4.37. The fourth-order valence-corrected chi connectivity index (χ4v) is 5.59. The largest absolute Gasteiger partial charge is 0.478 e. The van der Waals surface area contributed by atoms with Gasteiger partial charge in [-0.2, -0.15) is 0 Å². The van der Waals surface area contributed by atoms with Gasteiger partial charge in [-0.25, -0.2) is 4.79 Å². The topological polar surface area (TPSA) is 88.9 Å². The van der Waals surface area contributed by atoms with Crippen LogP contribution in [0.5, 0.6) is 11.5 Å². The molecule has 2 atom stereocenters. The van der Waals surface area contributed by atoms with Gasteiger partial charge < -0.3 is 29.4 Å². The molecular formula is C28H24N4O4S. The number of rotatable bonds is 5. The number of hydrogen-bond donors (Lipinski definition) is 2. The second-order valence-corrected chi connectivity index (χ2v) is 9.44. The van der Waals surface area contributed by atoms with Crippen LogP contribution in [0.4, 0.5) is 5.69 Å². The zero-order valence-corrected chi connectivity index (χ0v) is 21.0. The average Bonchev–Trinajstić information content (AvgIpc) is 3.59. The number of hydrogen-bond acceptors (Lipinski definition) is 5. The Kier molecular flexibility index (Phi) is 5.57. The molecule has 8 nitrogen and oxygen atoms in total. The van der Waals surface area contributed by atoms with E-state index in [0.29, 0.717) is 16.6 Å². The predicted octanol–water partition coefficient (Wildman–Crippen LogP) is 5.09. The molecule has 0 spiro atoms. The summed E-state index contributed by atoms with van der Waals surface area (Å²) < 4.78 is 13.2. The van der Waals surface area contributed by atoms with E-state index in [4.69, 9.17) is 21.7 Å². The zero-order chi connectivity index (χ0) is 25.7. The van der Waals surface area contributed by atoms with Crippen molar-refractivity contribution in [1.82, 2.24) is 14.9 Å². The molecule has 9 heteroatoms. The van der Waals surface area contributed by atoms with Gasteiger partial charge in [-0.1, -0.05) is 12.1 Å². The van der Waals surface area contributed by atoms with Crippen molar-refractivity contribution in [3.8, 4) is 17.2 Å². The summed E-state index contributed by atoms with van der Waals surface area (Å²) in [4.78, 5) is 18.4. The second kappa shape index (κ2) is 8.94. The van der Waals surface area contributed by atoms with Gasteiger partial charge in [0.15, 0.2) is 16.6 Å². The van der Waals surface area contributed by atoms with Crippen LogP contribution < -0.4 is 19.7 Å². The number of nitrogens with one attached hydrogen (secondary N) is 1. The highest BCUT2D eigenvalue weighted by atomic mass is 32.1. The Morgan fingerprint density at radius 3 is 2.65 bits per heavy atom. The quantitative estimate of drug-likeness (QED) is 0.358. The number of benzene rings is 2. The summed E-state index contributed by atoms with van der Waals surface area (Å²) >= 11 is 5.87. The Morgan fingerprint density at radius 2 is 1.86 bits per heavy atom. The lowest BCUT2D eigenvalue weighted by atomic mass is 9.96. The molecule has 186 valence electrons. The highest BCUT2D eigenvalue weighted by Gasteiger charge is 2.42. The van der Waals surface area contributed by atoms with Gasteiger partial charge in [0.2, 0.25) is 6.79 Å². The van der Waals surface area contributed by atoms with Crippen molar-refractivity contribution < 1.29 is 19.4 Å². The van der Waals surface area contributed by atoms with Crippen molar-refractivity contribution in [3.05, 3.63) is 101 Å². The number of carboxylic acid groups (broad SMARTS) is 1. The molecule has 2 N–H and O–H groups in total. The fraction of sp³-hybridized carbons (Fsp3) is 0.179. The smallest absolute Gasteiger partial charge is 0.335 e. The number of thiocarbonyl (C=S) groups is 1. The highest BCUT2D eigenvalue weighted by molar-refractivity contribution is 7.80. The van der Waals surface area contributed by atoms with Crippen molar-refractivity contribution in [2.45, 2.75) is 25.9 Å². The Bertz CT molecular complexity index is 1530. The number of carbonyl (C=O) groups is 1. The summed E-state index contributed by atoms with van der Waals surface area (Å²) in [6.45, 7) is 4.26. The minimum absolute atomic E-state index is 0.192. The third-order valence-corrected chi connectivity index (χ3v) is 7.19. The van der Waals surface area contributed by atoms with Crippen LogP contribution >= 0.6 is 12.2 Å². The maximum atomic E-state index is 11.6. The van der Waals surface area contributed by atoms with Gasteiger partial charge in [0, 0.05) is 35.0 Å². The first-order valence-electron chi connectivity index (χ1n) is 11.9. The van der Waals surface area contributed by atoms with Crippen LogP contribution in [0, 0.1) is 13.8 Å². The third kappa shape index (κ3) is 3.88. The Morgan fingerprint density at radius 1 is 1.03 bits per heavy atom. The first-order valence-corrected chi connectivity index (χ1v) is 12.3. The summed E-state index contributed by atoms with van der Waals surface area (Å²) in [5, 5.41) is 13.6. The van der Waals surface area contributed by atoms with Crippen LogP contribution in [-0.2, 0) is 0 Å². The minimum Gasteiger partial charge on any atom is -0.478 e. The van der Waals surface area contributed by atoms with Crippen LogP contribution in [0.3, 0.4) is 0 Å². The number of aromatic nitrogens is 2. The Balaban J connectivity index is 1.51. The summed E-state index contributed by atoms with van der Waals surface area (Å²) in [7, 11) is 0. The van der Waals surface area contributed by atoms with Crippen molar-refractivity contribution >= 4 is 29.0 Å². The highest BCUT2D eigenvalue weighted by Crippen LogP contribution is 2.46. The molecule has 6 rings (SSSR count). The van der Waals surface area contributed by atoms with Crippen molar-refractivity contribution in [1.29, 1.82) is 0 Å². The molecule has 2 aromatic heterocycles. The molecule has 0 radical (unpaired) electrons. The molecule has 2 aliphatic rings. The van der Waals surface area contributed by atoms with Gasteiger partial charge in [0.05, 0.1) is 23.3 Å². The van der Waals surface area contributed by atoms with Gasteiger partial charge >= 0.3 is 5.97 Å². The molecule has 0 unspecified atom stereocenters. The lowest BCUT2D eigenvalue weighted by Gasteiger charge is -2.28. The van der Waals surface area contributed by atoms with E-state index in [0.717, 1.165) is 34.0 Å². The first kappa shape index (κ1) is 23.1. The van der Waals surface area contributed by atoms with Crippen LogP contribution in [-0.4, -0.2) is 32.5 Å². The lowest BCUT2D eigenvalue weighted by Crippen LogP contribution is -2.29. The molecule has 37 heavy (non-hydrogen) atoms. The molecule has 4 heterocycles. The van der Waals surface area contributed by atoms with Gasteiger partial charge in [0.25, 0.3) is 0 Å². The normalized spacial score (nSPS) is 18.2. The molecule has 1 fully saturated rings. The van der Waals surface area contributed by atoms with Crippen LogP contribution in [0.2, 0.25) is 0 Å². The van der Waals surface area contributed by atoms with Gasteiger partial charge in [-0.05, 0) is 80.2 Å². The number of fused-ring (bicyclic) bond motifs is 1. The van der Waals surface area contributed by atoms with Crippen LogP contribution in [0.15, 0.2) is 72.9 Å². The van der Waals surface area contributed by atoms with Crippen LogP contribution in [0.25, 0.3) is 5.69 Å². The minimum atomic E-state index is -0.959. The molecule has 0 bridgehead atoms. The average molecular weight is 513 g/mol.